The first-order valence-corrected chi connectivity index (χ1v) is 5.87. The Morgan fingerprint density at radius 3 is 2.86 bits per heavy atom. The topological polar surface area (TPSA) is 20.7 Å². The van der Waals surface area contributed by atoms with Crippen LogP contribution in [0.1, 0.15) is 44.7 Å². The molecule has 0 spiro atoms. The molecule has 1 heterocycles. The zero-order valence-electron chi connectivity index (χ0n) is 8.92. The van der Waals surface area contributed by atoms with Gasteiger partial charge < -0.3 is 5.10 Å². The minimum atomic E-state index is 0.740. The summed E-state index contributed by atoms with van der Waals surface area (Å²) in [6.07, 6.45) is 3.86. The molecule has 1 saturated carbocycles. The van der Waals surface area contributed by atoms with E-state index >= 15 is 0 Å². The molecular formula is C11H18N2S. The SMILES string of the molecule is CC(C)CCn1[nH]c(C2CC2)cc1=S. The first-order chi connectivity index (χ1) is 6.66. The van der Waals surface area contributed by atoms with Gasteiger partial charge in [-0.25, -0.2) is 0 Å². The summed E-state index contributed by atoms with van der Waals surface area (Å²) >= 11 is 5.30. The van der Waals surface area contributed by atoms with Crippen molar-refractivity contribution in [3.05, 3.63) is 16.4 Å². The summed E-state index contributed by atoms with van der Waals surface area (Å²) in [6.45, 7) is 5.52. The minimum absolute atomic E-state index is 0.740. The average Bonchev–Trinajstić information content (AvgIpc) is 2.88. The Kier molecular flexibility index (Phi) is 2.77. The number of nitrogens with zero attached hydrogens (tertiary/aromatic N) is 1. The van der Waals surface area contributed by atoms with Gasteiger partial charge in [0.1, 0.15) is 4.64 Å². The molecule has 1 N–H and O–H groups in total. The van der Waals surface area contributed by atoms with E-state index in [4.69, 9.17) is 12.2 Å². The lowest BCUT2D eigenvalue weighted by Gasteiger charge is -2.05. The fraction of sp³-hybridized carbons (Fsp3) is 0.727. The highest BCUT2D eigenvalue weighted by atomic mass is 32.1. The Morgan fingerprint density at radius 2 is 2.29 bits per heavy atom. The molecule has 2 nitrogen and oxygen atoms in total. The van der Waals surface area contributed by atoms with Crippen molar-refractivity contribution in [3.8, 4) is 0 Å². The Hall–Kier alpha value is -0.570. The van der Waals surface area contributed by atoms with Gasteiger partial charge in [-0.1, -0.05) is 26.1 Å². The Balaban J connectivity index is 2.05. The molecule has 1 aromatic heterocycles. The Labute approximate surface area is 90.3 Å². The quantitative estimate of drug-likeness (QED) is 0.755. The van der Waals surface area contributed by atoms with Crippen LogP contribution in [0.15, 0.2) is 6.07 Å². The van der Waals surface area contributed by atoms with Gasteiger partial charge in [-0.2, -0.15) is 0 Å². The molecule has 0 aliphatic heterocycles. The van der Waals surface area contributed by atoms with Crippen molar-refractivity contribution >= 4 is 12.2 Å². The smallest absolute Gasteiger partial charge is 0.122 e. The van der Waals surface area contributed by atoms with Crippen LogP contribution in [0.4, 0.5) is 0 Å². The van der Waals surface area contributed by atoms with Gasteiger partial charge in [0.15, 0.2) is 0 Å². The molecule has 0 aromatic carbocycles. The van der Waals surface area contributed by atoms with Crippen molar-refractivity contribution in [1.82, 2.24) is 9.78 Å². The summed E-state index contributed by atoms with van der Waals surface area (Å²) in [7, 11) is 0. The predicted octanol–water partition coefficient (Wildman–Crippen LogP) is 3.47. The molecule has 14 heavy (non-hydrogen) atoms. The van der Waals surface area contributed by atoms with Crippen LogP contribution >= 0.6 is 12.2 Å². The Bertz CT molecular complexity index is 358. The third kappa shape index (κ3) is 2.27. The fourth-order valence-electron chi connectivity index (χ4n) is 1.61. The fourth-order valence-corrected chi connectivity index (χ4v) is 1.87. The first kappa shape index (κ1) is 9.97. The van der Waals surface area contributed by atoms with Gasteiger partial charge in [-0.05, 0) is 31.2 Å². The van der Waals surface area contributed by atoms with Crippen LogP contribution in [-0.2, 0) is 6.54 Å². The number of aromatic nitrogens is 2. The van der Waals surface area contributed by atoms with E-state index in [-0.39, 0.29) is 0 Å². The zero-order valence-corrected chi connectivity index (χ0v) is 9.73. The standard InChI is InChI=1S/C11H18N2S/c1-8(2)5-6-13-11(14)7-10(12-13)9-3-4-9/h7-9,12H,3-6H2,1-2H3. The van der Waals surface area contributed by atoms with Crippen molar-refractivity contribution < 1.29 is 0 Å². The summed E-state index contributed by atoms with van der Waals surface area (Å²) in [6, 6.07) is 2.13. The third-order valence-electron chi connectivity index (χ3n) is 2.76. The maximum absolute atomic E-state index is 5.30. The second-order valence-electron chi connectivity index (χ2n) is 4.66. The zero-order chi connectivity index (χ0) is 10.1. The van der Waals surface area contributed by atoms with E-state index in [1.54, 1.807) is 0 Å². The molecule has 1 aromatic rings. The molecule has 0 unspecified atom stereocenters. The lowest BCUT2D eigenvalue weighted by molar-refractivity contribution is 0.481. The summed E-state index contributed by atoms with van der Waals surface area (Å²) < 4.78 is 3.08. The minimum Gasteiger partial charge on any atom is -0.301 e. The molecule has 78 valence electrons. The van der Waals surface area contributed by atoms with Gasteiger partial charge >= 0.3 is 0 Å². The van der Waals surface area contributed by atoms with E-state index in [0.29, 0.717) is 0 Å². The van der Waals surface area contributed by atoms with Gasteiger partial charge in [0.2, 0.25) is 0 Å². The first-order valence-electron chi connectivity index (χ1n) is 5.46. The summed E-state index contributed by atoms with van der Waals surface area (Å²) in [5.41, 5.74) is 1.35. The van der Waals surface area contributed by atoms with Crippen molar-refractivity contribution in [2.75, 3.05) is 0 Å². The monoisotopic (exact) mass is 210 g/mol. The lowest BCUT2D eigenvalue weighted by Crippen LogP contribution is -2.03. The molecule has 0 saturated heterocycles. The Morgan fingerprint density at radius 1 is 1.57 bits per heavy atom. The highest BCUT2D eigenvalue weighted by Gasteiger charge is 2.25. The molecule has 1 aliphatic rings. The molecule has 3 heteroatoms. The average molecular weight is 210 g/mol. The van der Waals surface area contributed by atoms with Gasteiger partial charge in [-0.15, -0.1) is 0 Å². The predicted molar refractivity (Wildman–Crippen MR) is 61.0 cm³/mol. The van der Waals surface area contributed by atoms with E-state index in [1.807, 2.05) is 0 Å². The maximum Gasteiger partial charge on any atom is 0.122 e. The molecule has 1 fully saturated rings. The van der Waals surface area contributed by atoms with Crippen LogP contribution in [-0.4, -0.2) is 9.78 Å². The second-order valence-corrected chi connectivity index (χ2v) is 5.08. The number of H-pyrrole nitrogens is 1. The van der Waals surface area contributed by atoms with Crippen molar-refractivity contribution in [1.29, 1.82) is 0 Å². The van der Waals surface area contributed by atoms with E-state index < -0.39 is 0 Å². The molecule has 1 aliphatic carbocycles. The number of hydrogen-bond donors (Lipinski definition) is 1. The van der Waals surface area contributed by atoms with Gasteiger partial charge in [-0.3, -0.25) is 4.68 Å². The number of nitrogens with one attached hydrogen (secondary N) is 1. The summed E-state index contributed by atoms with van der Waals surface area (Å²) in [5.74, 6) is 1.52. The molecule has 0 radical (unpaired) electrons. The number of aryl methyl sites for hydroxylation is 1. The largest absolute Gasteiger partial charge is 0.301 e. The third-order valence-corrected chi connectivity index (χ3v) is 3.09. The van der Waals surface area contributed by atoms with Crippen LogP contribution in [0.2, 0.25) is 0 Å². The molecule has 0 amide bonds. The van der Waals surface area contributed by atoms with Crippen molar-refractivity contribution in [2.24, 2.45) is 5.92 Å². The maximum atomic E-state index is 5.30. The van der Waals surface area contributed by atoms with Crippen LogP contribution in [0.5, 0.6) is 0 Å². The highest BCUT2D eigenvalue weighted by molar-refractivity contribution is 7.71. The van der Waals surface area contributed by atoms with E-state index in [9.17, 15) is 0 Å². The lowest BCUT2D eigenvalue weighted by atomic mass is 10.1. The molecule has 2 rings (SSSR count). The van der Waals surface area contributed by atoms with Gasteiger partial charge in [0, 0.05) is 18.2 Å². The molecule has 0 bridgehead atoms. The van der Waals surface area contributed by atoms with Crippen molar-refractivity contribution in [3.63, 3.8) is 0 Å². The van der Waals surface area contributed by atoms with Crippen LogP contribution in [0.25, 0.3) is 0 Å². The summed E-state index contributed by atoms with van der Waals surface area (Å²) in [4.78, 5) is 0. The second kappa shape index (κ2) is 3.89. The molecule has 0 atom stereocenters. The number of rotatable bonds is 4. The number of hydrogen-bond acceptors (Lipinski definition) is 1. The van der Waals surface area contributed by atoms with E-state index in [2.05, 4.69) is 29.7 Å². The van der Waals surface area contributed by atoms with E-state index in [1.165, 1.54) is 25.0 Å². The van der Waals surface area contributed by atoms with Gasteiger partial charge in [0.05, 0.1) is 0 Å². The summed E-state index contributed by atoms with van der Waals surface area (Å²) in [5, 5.41) is 3.41. The van der Waals surface area contributed by atoms with E-state index in [0.717, 1.165) is 23.0 Å². The van der Waals surface area contributed by atoms with Crippen LogP contribution in [0.3, 0.4) is 0 Å². The van der Waals surface area contributed by atoms with Gasteiger partial charge in [0.25, 0.3) is 0 Å². The number of aromatic amines is 1. The van der Waals surface area contributed by atoms with Crippen LogP contribution in [0, 0.1) is 10.6 Å². The highest BCUT2D eigenvalue weighted by Crippen LogP contribution is 2.39. The van der Waals surface area contributed by atoms with Crippen LogP contribution < -0.4 is 0 Å². The normalized spacial score (nSPS) is 16.5. The molecular weight excluding hydrogens is 192 g/mol. The van der Waals surface area contributed by atoms with Crippen molar-refractivity contribution in [2.45, 2.75) is 45.6 Å².